The molecule has 0 aromatic carbocycles. The Balaban J connectivity index is 4.28. The highest BCUT2D eigenvalue weighted by Gasteiger charge is 2.28. The van der Waals surface area contributed by atoms with Crippen LogP contribution in [0.15, 0.2) is 0 Å². The van der Waals surface area contributed by atoms with Gasteiger partial charge in [-0.15, -0.1) is 0 Å². The van der Waals surface area contributed by atoms with E-state index in [1.54, 1.807) is 0 Å². The minimum atomic E-state index is 0.195. The lowest BCUT2D eigenvalue weighted by atomic mass is 9.72. The molecule has 0 aromatic rings. The van der Waals surface area contributed by atoms with E-state index in [4.69, 9.17) is 12.6 Å². The van der Waals surface area contributed by atoms with Crippen LogP contribution in [0, 0.1) is 10.8 Å². The summed E-state index contributed by atoms with van der Waals surface area (Å²) in [7, 11) is 5.90. The van der Waals surface area contributed by atoms with Crippen LogP contribution in [0.2, 0.25) is 6.32 Å². The smallest absolute Gasteiger partial charge is 0.0661 e. The van der Waals surface area contributed by atoms with Gasteiger partial charge in [0.25, 0.3) is 0 Å². The van der Waals surface area contributed by atoms with Gasteiger partial charge in [-0.1, -0.05) is 40.9 Å². The normalized spacial score (nSPS) is 13.0. The lowest BCUT2D eigenvalue weighted by molar-refractivity contribution is -0.0104. The summed E-state index contributed by atoms with van der Waals surface area (Å²) < 4.78 is 6.03. The first-order valence-electron chi connectivity index (χ1n) is 7.35. The Morgan fingerprint density at radius 2 is 1.06 bits per heavy atom. The van der Waals surface area contributed by atoms with E-state index in [2.05, 4.69) is 34.6 Å². The van der Waals surface area contributed by atoms with E-state index in [0.717, 1.165) is 32.4 Å². The molecule has 17 heavy (non-hydrogen) atoms. The van der Waals surface area contributed by atoms with Crippen molar-refractivity contribution in [2.24, 2.45) is 10.8 Å². The molecule has 0 N–H and O–H groups in total. The molecular weight excluding hydrogens is 207 g/mol. The number of ether oxygens (including phenoxy) is 1. The van der Waals surface area contributed by atoms with Crippen LogP contribution in [0.5, 0.6) is 0 Å². The molecule has 0 saturated carbocycles. The standard InChI is InChI=1S/C15H31BO/c1-6-14(7-2,8-3)12-17-13-15(9-4,10-5)11-16/h6-13H2,1-5H3. The quantitative estimate of drug-likeness (QED) is 0.505. The van der Waals surface area contributed by atoms with Gasteiger partial charge in [0.15, 0.2) is 0 Å². The summed E-state index contributed by atoms with van der Waals surface area (Å²) in [6, 6.07) is 0. The van der Waals surface area contributed by atoms with E-state index >= 15 is 0 Å². The number of rotatable bonds is 10. The van der Waals surface area contributed by atoms with E-state index < -0.39 is 0 Å². The molecule has 0 aliphatic heterocycles. The summed E-state index contributed by atoms with van der Waals surface area (Å²) in [5.74, 6) is 0. The monoisotopic (exact) mass is 238 g/mol. The zero-order chi connectivity index (χ0) is 13.4. The average molecular weight is 238 g/mol. The Labute approximate surface area is 110 Å². The highest BCUT2D eigenvalue weighted by molar-refractivity contribution is 6.09. The summed E-state index contributed by atoms with van der Waals surface area (Å²) in [5.41, 5.74) is 0.572. The van der Waals surface area contributed by atoms with Crippen molar-refractivity contribution in [1.82, 2.24) is 0 Å². The van der Waals surface area contributed by atoms with Crippen LogP contribution in [0.4, 0.5) is 0 Å². The number of hydrogen-bond donors (Lipinski definition) is 0. The second-order valence-electron chi connectivity index (χ2n) is 5.46. The summed E-state index contributed by atoms with van der Waals surface area (Å²) in [6.07, 6.45) is 6.56. The predicted molar refractivity (Wildman–Crippen MR) is 77.7 cm³/mol. The van der Waals surface area contributed by atoms with Crippen molar-refractivity contribution in [2.45, 2.75) is 73.0 Å². The van der Waals surface area contributed by atoms with Gasteiger partial charge in [0.1, 0.15) is 0 Å². The summed E-state index contributed by atoms with van der Waals surface area (Å²) in [4.78, 5) is 0. The molecule has 0 rings (SSSR count). The fraction of sp³-hybridized carbons (Fsp3) is 1.00. The SMILES string of the molecule is [B]CC(CC)(CC)COCC(CC)(CC)CC. The fourth-order valence-corrected chi connectivity index (χ4v) is 2.34. The molecule has 0 amide bonds. The van der Waals surface area contributed by atoms with Crippen molar-refractivity contribution in [3.8, 4) is 0 Å². The average Bonchev–Trinajstić information content (AvgIpc) is 2.41. The minimum Gasteiger partial charge on any atom is -0.380 e. The molecule has 2 radical (unpaired) electrons. The Hall–Kier alpha value is 0.0249. The third kappa shape index (κ3) is 4.65. The lowest BCUT2D eigenvalue weighted by Gasteiger charge is -2.35. The van der Waals surface area contributed by atoms with Crippen LogP contribution in [0.3, 0.4) is 0 Å². The molecule has 2 heteroatoms. The van der Waals surface area contributed by atoms with Gasteiger partial charge in [-0.2, -0.15) is 0 Å². The van der Waals surface area contributed by atoms with E-state index in [-0.39, 0.29) is 5.41 Å². The Morgan fingerprint density at radius 3 is 1.35 bits per heavy atom. The molecule has 0 heterocycles. The van der Waals surface area contributed by atoms with Crippen LogP contribution in [-0.4, -0.2) is 21.1 Å². The van der Waals surface area contributed by atoms with Crippen LogP contribution < -0.4 is 0 Å². The molecule has 0 fully saturated rings. The molecule has 0 aliphatic carbocycles. The zero-order valence-corrected chi connectivity index (χ0v) is 12.6. The molecule has 0 bridgehead atoms. The number of hydrogen-bond acceptors (Lipinski definition) is 1. The van der Waals surface area contributed by atoms with Gasteiger partial charge in [0.05, 0.1) is 21.1 Å². The van der Waals surface area contributed by atoms with Crippen molar-refractivity contribution >= 4 is 7.85 Å². The highest BCUT2D eigenvalue weighted by Crippen LogP contribution is 2.34. The molecule has 0 atom stereocenters. The Bertz CT molecular complexity index is 147. The van der Waals surface area contributed by atoms with Crippen LogP contribution in [-0.2, 0) is 4.74 Å². The van der Waals surface area contributed by atoms with E-state index in [1.807, 2.05) is 0 Å². The lowest BCUT2D eigenvalue weighted by Crippen LogP contribution is -2.30. The molecular formula is C15H31BO. The largest absolute Gasteiger partial charge is 0.380 e. The molecule has 0 aromatic heterocycles. The molecule has 0 spiro atoms. The third-order valence-corrected chi connectivity index (χ3v) is 5.00. The molecule has 0 aliphatic rings. The Kier molecular flexibility index (Phi) is 8.20. The van der Waals surface area contributed by atoms with Gasteiger partial charge in [0.2, 0.25) is 0 Å². The highest BCUT2D eigenvalue weighted by atomic mass is 16.5. The van der Waals surface area contributed by atoms with Gasteiger partial charge in [-0.05, 0) is 42.9 Å². The van der Waals surface area contributed by atoms with Gasteiger partial charge >= 0.3 is 0 Å². The van der Waals surface area contributed by atoms with Crippen molar-refractivity contribution in [1.29, 1.82) is 0 Å². The fourth-order valence-electron chi connectivity index (χ4n) is 2.34. The maximum Gasteiger partial charge on any atom is 0.0661 e. The maximum absolute atomic E-state index is 6.03. The first-order chi connectivity index (χ1) is 8.07. The van der Waals surface area contributed by atoms with Gasteiger partial charge in [-0.3, -0.25) is 0 Å². The molecule has 100 valence electrons. The first-order valence-corrected chi connectivity index (χ1v) is 7.35. The van der Waals surface area contributed by atoms with E-state index in [9.17, 15) is 0 Å². The van der Waals surface area contributed by atoms with E-state index in [1.165, 1.54) is 19.3 Å². The van der Waals surface area contributed by atoms with Gasteiger partial charge < -0.3 is 4.74 Å². The summed E-state index contributed by atoms with van der Waals surface area (Å²) in [6.45, 7) is 12.9. The summed E-state index contributed by atoms with van der Waals surface area (Å²) >= 11 is 0. The minimum absolute atomic E-state index is 0.195. The molecule has 1 nitrogen and oxygen atoms in total. The van der Waals surface area contributed by atoms with Gasteiger partial charge in [-0.25, -0.2) is 0 Å². The van der Waals surface area contributed by atoms with Crippen molar-refractivity contribution in [3.05, 3.63) is 0 Å². The van der Waals surface area contributed by atoms with Crippen molar-refractivity contribution in [3.63, 3.8) is 0 Å². The van der Waals surface area contributed by atoms with Crippen LogP contribution in [0.25, 0.3) is 0 Å². The van der Waals surface area contributed by atoms with E-state index in [0.29, 0.717) is 5.41 Å². The van der Waals surface area contributed by atoms with Crippen LogP contribution in [0.1, 0.15) is 66.7 Å². The first kappa shape index (κ1) is 17.0. The second kappa shape index (κ2) is 8.18. The third-order valence-electron chi connectivity index (χ3n) is 5.00. The van der Waals surface area contributed by atoms with Crippen molar-refractivity contribution in [2.75, 3.05) is 13.2 Å². The topological polar surface area (TPSA) is 9.23 Å². The predicted octanol–water partition coefficient (Wildman–Crippen LogP) is 4.61. The van der Waals surface area contributed by atoms with Crippen molar-refractivity contribution < 1.29 is 4.74 Å². The Morgan fingerprint density at radius 1 is 0.706 bits per heavy atom. The summed E-state index contributed by atoms with van der Waals surface area (Å²) in [5, 5.41) is 0. The van der Waals surface area contributed by atoms with Gasteiger partial charge in [0, 0.05) is 0 Å². The second-order valence-corrected chi connectivity index (χ2v) is 5.46. The molecule has 0 unspecified atom stereocenters. The maximum atomic E-state index is 6.03. The molecule has 0 saturated heterocycles. The van der Waals surface area contributed by atoms with Crippen LogP contribution >= 0.6 is 0 Å². The zero-order valence-electron chi connectivity index (χ0n) is 12.6.